The molecule has 1 heterocycles. The molecule has 1 aliphatic rings. The van der Waals surface area contributed by atoms with Crippen LogP contribution in [-0.2, 0) is 13.0 Å². The Morgan fingerprint density at radius 1 is 0.759 bits per heavy atom. The van der Waals surface area contributed by atoms with Gasteiger partial charge in [0.2, 0.25) is 0 Å². The van der Waals surface area contributed by atoms with E-state index in [-0.39, 0.29) is 0 Å². The minimum absolute atomic E-state index is 0.552. The first-order chi connectivity index (χ1) is 14.3. The molecule has 1 saturated heterocycles. The predicted octanol–water partition coefficient (Wildman–Crippen LogP) is 5.28. The summed E-state index contributed by atoms with van der Waals surface area (Å²) < 4.78 is 5.90. The van der Waals surface area contributed by atoms with Gasteiger partial charge in [-0.05, 0) is 29.7 Å². The molecule has 0 amide bonds. The van der Waals surface area contributed by atoms with Crippen LogP contribution in [0.3, 0.4) is 0 Å². The van der Waals surface area contributed by atoms with E-state index in [1.54, 1.807) is 0 Å². The number of anilines is 1. The first-order valence-electron chi connectivity index (χ1n) is 10.3. The van der Waals surface area contributed by atoms with Gasteiger partial charge in [0.1, 0.15) is 12.4 Å². The second-order valence-electron chi connectivity index (χ2n) is 7.45. The summed E-state index contributed by atoms with van der Waals surface area (Å²) in [6, 6.07) is 26.9. The lowest BCUT2D eigenvalue weighted by Crippen LogP contribution is -2.47. The summed E-state index contributed by atoms with van der Waals surface area (Å²) in [5, 5.41) is 0.758. The number of halogens is 1. The van der Waals surface area contributed by atoms with E-state index in [0.29, 0.717) is 6.61 Å². The summed E-state index contributed by atoms with van der Waals surface area (Å²) in [7, 11) is 0. The van der Waals surface area contributed by atoms with Crippen molar-refractivity contribution in [3.05, 3.63) is 95.0 Å². The van der Waals surface area contributed by atoms with E-state index in [4.69, 9.17) is 16.3 Å². The smallest absolute Gasteiger partial charge is 0.121 e. The van der Waals surface area contributed by atoms with E-state index in [0.717, 1.165) is 61.2 Å². The van der Waals surface area contributed by atoms with Gasteiger partial charge in [-0.3, -0.25) is 4.90 Å². The molecule has 0 aliphatic carbocycles. The lowest BCUT2D eigenvalue weighted by molar-refractivity contribution is 0.261. The third-order valence-electron chi connectivity index (χ3n) is 5.44. The van der Waals surface area contributed by atoms with Crippen molar-refractivity contribution >= 4 is 17.3 Å². The summed E-state index contributed by atoms with van der Waals surface area (Å²) in [6.45, 7) is 5.79. The minimum Gasteiger partial charge on any atom is -0.489 e. The van der Waals surface area contributed by atoms with E-state index in [1.807, 2.05) is 30.3 Å². The van der Waals surface area contributed by atoms with Gasteiger partial charge in [-0.1, -0.05) is 72.3 Å². The number of rotatable bonds is 7. The first-order valence-corrected chi connectivity index (χ1v) is 10.6. The topological polar surface area (TPSA) is 15.7 Å². The average Bonchev–Trinajstić information content (AvgIpc) is 2.78. The molecule has 0 unspecified atom stereocenters. The molecular formula is C25H27ClN2O. The van der Waals surface area contributed by atoms with Crippen LogP contribution in [0.15, 0.2) is 78.9 Å². The lowest BCUT2D eigenvalue weighted by atomic mass is 10.1. The standard InChI is InChI=1S/C25H27ClN2O/c26-24-19-23(29-20-22-9-5-2-6-10-22)11-12-25(24)28-17-15-27(16-18-28)14-13-21-7-3-1-4-8-21/h1-12,19H,13-18,20H2. The fraction of sp³-hybridized carbons (Fsp3) is 0.280. The van der Waals surface area contributed by atoms with Crippen molar-refractivity contribution in [3.63, 3.8) is 0 Å². The van der Waals surface area contributed by atoms with Crippen molar-refractivity contribution in [2.45, 2.75) is 13.0 Å². The van der Waals surface area contributed by atoms with Gasteiger partial charge in [-0.2, -0.15) is 0 Å². The Balaban J connectivity index is 1.28. The first kappa shape index (κ1) is 19.8. The fourth-order valence-electron chi connectivity index (χ4n) is 3.72. The molecule has 0 bridgehead atoms. The maximum absolute atomic E-state index is 6.59. The Hall–Kier alpha value is -2.49. The van der Waals surface area contributed by atoms with Gasteiger partial charge in [-0.25, -0.2) is 0 Å². The van der Waals surface area contributed by atoms with Crippen LogP contribution in [0, 0.1) is 0 Å². The van der Waals surface area contributed by atoms with Crippen molar-refractivity contribution in [1.29, 1.82) is 0 Å². The van der Waals surface area contributed by atoms with Crippen LogP contribution >= 0.6 is 11.6 Å². The quantitative estimate of drug-likeness (QED) is 0.530. The van der Waals surface area contributed by atoms with Gasteiger partial charge < -0.3 is 9.64 Å². The third-order valence-corrected chi connectivity index (χ3v) is 5.74. The maximum atomic E-state index is 6.59. The Labute approximate surface area is 178 Å². The number of piperazine rings is 1. The Bertz CT molecular complexity index is 893. The number of benzene rings is 3. The van der Waals surface area contributed by atoms with E-state index in [1.165, 1.54) is 5.56 Å². The average molecular weight is 407 g/mol. The predicted molar refractivity (Wildman–Crippen MR) is 121 cm³/mol. The van der Waals surface area contributed by atoms with Gasteiger partial charge in [0.05, 0.1) is 10.7 Å². The Kier molecular flexibility index (Phi) is 6.71. The zero-order valence-corrected chi connectivity index (χ0v) is 17.4. The van der Waals surface area contributed by atoms with Gasteiger partial charge in [0, 0.05) is 38.8 Å². The summed E-state index contributed by atoms with van der Waals surface area (Å²) in [4.78, 5) is 4.91. The van der Waals surface area contributed by atoms with Crippen LogP contribution in [0.5, 0.6) is 5.75 Å². The number of hydrogen-bond donors (Lipinski definition) is 0. The highest BCUT2D eigenvalue weighted by molar-refractivity contribution is 6.33. The SMILES string of the molecule is Clc1cc(OCc2ccccc2)ccc1N1CCN(CCc2ccccc2)CC1. The zero-order valence-electron chi connectivity index (χ0n) is 16.6. The second-order valence-corrected chi connectivity index (χ2v) is 7.86. The van der Waals surface area contributed by atoms with Crippen LogP contribution in [0.25, 0.3) is 0 Å². The molecule has 1 fully saturated rings. The molecule has 3 nitrogen and oxygen atoms in total. The van der Waals surface area contributed by atoms with Crippen LogP contribution < -0.4 is 9.64 Å². The van der Waals surface area contributed by atoms with Crippen LogP contribution in [-0.4, -0.2) is 37.6 Å². The van der Waals surface area contributed by atoms with Gasteiger partial charge >= 0.3 is 0 Å². The molecule has 29 heavy (non-hydrogen) atoms. The monoisotopic (exact) mass is 406 g/mol. The molecule has 0 aromatic heterocycles. The van der Waals surface area contributed by atoms with Crippen molar-refractivity contribution in [2.75, 3.05) is 37.6 Å². The van der Waals surface area contributed by atoms with Crippen molar-refractivity contribution in [3.8, 4) is 5.75 Å². The minimum atomic E-state index is 0.552. The highest BCUT2D eigenvalue weighted by atomic mass is 35.5. The van der Waals surface area contributed by atoms with Gasteiger partial charge in [0.15, 0.2) is 0 Å². The molecule has 4 heteroatoms. The van der Waals surface area contributed by atoms with Crippen molar-refractivity contribution in [1.82, 2.24) is 4.90 Å². The largest absolute Gasteiger partial charge is 0.489 e. The van der Waals surface area contributed by atoms with Crippen molar-refractivity contribution < 1.29 is 4.74 Å². The van der Waals surface area contributed by atoms with Crippen LogP contribution in [0.2, 0.25) is 5.02 Å². The molecular weight excluding hydrogens is 380 g/mol. The van der Waals surface area contributed by atoms with E-state index < -0.39 is 0 Å². The molecule has 0 atom stereocenters. The van der Waals surface area contributed by atoms with Crippen LogP contribution in [0.4, 0.5) is 5.69 Å². The van der Waals surface area contributed by atoms with Crippen LogP contribution in [0.1, 0.15) is 11.1 Å². The van der Waals surface area contributed by atoms with E-state index >= 15 is 0 Å². The van der Waals surface area contributed by atoms with Gasteiger partial charge in [0.25, 0.3) is 0 Å². The molecule has 0 radical (unpaired) electrons. The lowest BCUT2D eigenvalue weighted by Gasteiger charge is -2.36. The number of ether oxygens (including phenoxy) is 1. The van der Waals surface area contributed by atoms with Gasteiger partial charge in [-0.15, -0.1) is 0 Å². The summed E-state index contributed by atoms with van der Waals surface area (Å²) in [5.41, 5.74) is 3.66. The number of hydrogen-bond acceptors (Lipinski definition) is 3. The fourth-order valence-corrected chi connectivity index (χ4v) is 4.01. The molecule has 0 N–H and O–H groups in total. The Morgan fingerprint density at radius 3 is 2.07 bits per heavy atom. The Morgan fingerprint density at radius 2 is 1.41 bits per heavy atom. The molecule has 0 saturated carbocycles. The van der Waals surface area contributed by atoms with Crippen molar-refractivity contribution in [2.24, 2.45) is 0 Å². The zero-order chi connectivity index (χ0) is 19.9. The molecule has 4 rings (SSSR count). The summed E-state index contributed by atoms with van der Waals surface area (Å²) in [5.74, 6) is 0.809. The second kappa shape index (κ2) is 9.82. The highest BCUT2D eigenvalue weighted by Gasteiger charge is 2.19. The van der Waals surface area contributed by atoms with E-state index in [9.17, 15) is 0 Å². The molecule has 3 aromatic rings. The molecule has 0 spiro atoms. The highest BCUT2D eigenvalue weighted by Crippen LogP contribution is 2.31. The molecule has 1 aliphatic heterocycles. The normalized spacial score (nSPS) is 14.7. The third kappa shape index (κ3) is 5.53. The molecule has 150 valence electrons. The summed E-state index contributed by atoms with van der Waals surface area (Å²) >= 11 is 6.59. The summed E-state index contributed by atoms with van der Waals surface area (Å²) in [6.07, 6.45) is 1.11. The number of nitrogens with zero attached hydrogens (tertiary/aromatic N) is 2. The van der Waals surface area contributed by atoms with E-state index in [2.05, 4.69) is 58.3 Å². The maximum Gasteiger partial charge on any atom is 0.121 e. The molecule has 3 aromatic carbocycles.